The maximum Gasteiger partial charge on any atom is 0.191 e. The summed E-state index contributed by atoms with van der Waals surface area (Å²) in [7, 11) is 1.92. The topological polar surface area (TPSA) is 72.1 Å². The number of nitrogens with one attached hydrogen (secondary N) is 2. The molecule has 7 nitrogen and oxygen atoms in total. The summed E-state index contributed by atoms with van der Waals surface area (Å²) in [6, 6.07) is 9.54. The Balaban J connectivity index is 1.64. The Morgan fingerprint density at radius 1 is 1.15 bits per heavy atom. The van der Waals surface area contributed by atoms with Gasteiger partial charge in [0.1, 0.15) is 0 Å². The van der Waals surface area contributed by atoms with Gasteiger partial charge in [0.15, 0.2) is 5.96 Å². The normalized spacial score (nSPS) is 11.6. The third kappa shape index (κ3) is 4.64. The van der Waals surface area contributed by atoms with E-state index in [2.05, 4.69) is 25.8 Å². The van der Waals surface area contributed by atoms with Crippen LogP contribution in [0.3, 0.4) is 0 Å². The van der Waals surface area contributed by atoms with Crippen LogP contribution in [0.15, 0.2) is 53.9 Å². The number of hydrogen-bond acceptors (Lipinski definition) is 3. The molecule has 26 heavy (non-hydrogen) atoms. The summed E-state index contributed by atoms with van der Waals surface area (Å²) < 4.78 is 3.66. The molecule has 0 spiro atoms. The van der Waals surface area contributed by atoms with Crippen molar-refractivity contribution in [3.05, 3.63) is 65.2 Å². The first-order valence-electron chi connectivity index (χ1n) is 8.44. The maximum atomic E-state index is 5.93. The van der Waals surface area contributed by atoms with E-state index < -0.39 is 0 Å². The van der Waals surface area contributed by atoms with Crippen LogP contribution in [0.25, 0.3) is 5.69 Å². The van der Waals surface area contributed by atoms with Gasteiger partial charge in [0.2, 0.25) is 0 Å². The average molecular weight is 372 g/mol. The van der Waals surface area contributed by atoms with E-state index in [0.717, 1.165) is 29.4 Å². The van der Waals surface area contributed by atoms with Crippen LogP contribution in [0.5, 0.6) is 0 Å². The van der Waals surface area contributed by atoms with Gasteiger partial charge < -0.3 is 10.6 Å². The number of nitrogens with zero attached hydrogens (tertiary/aromatic N) is 5. The molecule has 0 aliphatic carbocycles. The Hall–Kier alpha value is -2.80. The molecule has 2 heterocycles. The van der Waals surface area contributed by atoms with Gasteiger partial charge >= 0.3 is 0 Å². The lowest BCUT2D eigenvalue weighted by molar-refractivity contribution is 0.685. The molecule has 2 N–H and O–H groups in total. The number of benzene rings is 1. The van der Waals surface area contributed by atoms with E-state index in [1.807, 2.05) is 66.1 Å². The Morgan fingerprint density at radius 3 is 2.65 bits per heavy atom. The molecule has 0 saturated carbocycles. The first-order chi connectivity index (χ1) is 12.7. The molecule has 8 heteroatoms. The summed E-state index contributed by atoms with van der Waals surface area (Å²) in [4.78, 5) is 4.62. The highest BCUT2D eigenvalue weighted by molar-refractivity contribution is 6.30. The second-order valence-corrected chi connectivity index (χ2v) is 6.20. The summed E-state index contributed by atoms with van der Waals surface area (Å²) in [5.74, 6) is 0.757. The molecule has 0 radical (unpaired) electrons. The highest BCUT2D eigenvalue weighted by atomic mass is 35.5. The minimum atomic E-state index is 0.536. The minimum absolute atomic E-state index is 0.536. The van der Waals surface area contributed by atoms with E-state index in [1.54, 1.807) is 6.20 Å². The van der Waals surface area contributed by atoms with Gasteiger partial charge in [-0.15, -0.1) is 0 Å². The average Bonchev–Trinajstić information content (AvgIpc) is 3.27. The zero-order chi connectivity index (χ0) is 18.4. The largest absolute Gasteiger partial charge is 0.357 e. The van der Waals surface area contributed by atoms with Crippen molar-refractivity contribution in [2.24, 2.45) is 12.0 Å². The van der Waals surface area contributed by atoms with Gasteiger partial charge in [-0.3, -0.25) is 4.68 Å². The number of aromatic nitrogens is 4. The molecule has 0 saturated heterocycles. The number of hydrogen-bond donors (Lipinski definition) is 2. The lowest BCUT2D eigenvalue weighted by Crippen LogP contribution is -2.37. The van der Waals surface area contributed by atoms with Gasteiger partial charge in [-0.25, -0.2) is 9.67 Å². The molecule has 0 unspecified atom stereocenters. The van der Waals surface area contributed by atoms with Crippen molar-refractivity contribution < 1.29 is 0 Å². The SMILES string of the molecule is CCNC(=NCc1cnn(-c2ccc(Cl)cc2)c1)NCc1ccnn1C. The molecule has 0 amide bonds. The van der Waals surface area contributed by atoms with E-state index in [-0.39, 0.29) is 0 Å². The fourth-order valence-electron chi connectivity index (χ4n) is 2.44. The first kappa shape index (κ1) is 18.0. The molecular formula is C18H22ClN7. The monoisotopic (exact) mass is 371 g/mol. The summed E-state index contributed by atoms with van der Waals surface area (Å²) in [6.45, 7) is 4.03. The van der Waals surface area contributed by atoms with Crippen LogP contribution in [-0.2, 0) is 20.1 Å². The summed E-state index contributed by atoms with van der Waals surface area (Å²) in [5.41, 5.74) is 3.08. The number of aryl methyl sites for hydroxylation is 1. The molecule has 1 aromatic carbocycles. The summed E-state index contributed by atoms with van der Waals surface area (Å²) in [6.07, 6.45) is 5.58. The van der Waals surface area contributed by atoms with Gasteiger partial charge in [0.25, 0.3) is 0 Å². The number of aliphatic imine (C=N–C) groups is 1. The molecule has 0 bridgehead atoms. The smallest absolute Gasteiger partial charge is 0.191 e. The molecular weight excluding hydrogens is 350 g/mol. The van der Waals surface area contributed by atoms with Crippen LogP contribution in [0.4, 0.5) is 0 Å². The van der Waals surface area contributed by atoms with Gasteiger partial charge in [0, 0.05) is 36.6 Å². The van der Waals surface area contributed by atoms with Crippen LogP contribution >= 0.6 is 11.6 Å². The fourth-order valence-corrected chi connectivity index (χ4v) is 2.56. The second kappa shape index (κ2) is 8.53. The van der Waals surface area contributed by atoms with Gasteiger partial charge in [-0.1, -0.05) is 11.6 Å². The van der Waals surface area contributed by atoms with Crippen molar-refractivity contribution in [3.63, 3.8) is 0 Å². The highest BCUT2D eigenvalue weighted by Gasteiger charge is 2.04. The molecule has 3 rings (SSSR count). The van der Waals surface area contributed by atoms with Gasteiger partial charge in [-0.2, -0.15) is 10.2 Å². The lowest BCUT2D eigenvalue weighted by Gasteiger charge is -2.11. The number of guanidine groups is 1. The fraction of sp³-hybridized carbons (Fsp3) is 0.278. The van der Waals surface area contributed by atoms with Crippen molar-refractivity contribution >= 4 is 17.6 Å². The van der Waals surface area contributed by atoms with Gasteiger partial charge in [-0.05, 0) is 37.3 Å². The quantitative estimate of drug-likeness (QED) is 0.516. The van der Waals surface area contributed by atoms with Crippen LogP contribution in [-0.4, -0.2) is 32.1 Å². The second-order valence-electron chi connectivity index (χ2n) is 5.76. The predicted molar refractivity (Wildman–Crippen MR) is 103 cm³/mol. The van der Waals surface area contributed by atoms with Crippen LogP contribution < -0.4 is 10.6 Å². The lowest BCUT2D eigenvalue weighted by atomic mass is 10.3. The molecule has 0 aliphatic rings. The number of rotatable bonds is 6. The van der Waals surface area contributed by atoms with Crippen LogP contribution in [0.1, 0.15) is 18.2 Å². The Kier molecular flexibility index (Phi) is 5.91. The Bertz CT molecular complexity index is 864. The molecule has 136 valence electrons. The number of halogens is 1. The van der Waals surface area contributed by atoms with E-state index in [9.17, 15) is 0 Å². The Morgan fingerprint density at radius 2 is 1.96 bits per heavy atom. The summed E-state index contributed by atoms with van der Waals surface area (Å²) in [5, 5.41) is 15.8. The van der Waals surface area contributed by atoms with E-state index in [1.165, 1.54) is 0 Å². The maximum absolute atomic E-state index is 5.93. The van der Waals surface area contributed by atoms with Crippen molar-refractivity contribution in [1.29, 1.82) is 0 Å². The van der Waals surface area contributed by atoms with Crippen LogP contribution in [0, 0.1) is 0 Å². The molecule has 0 atom stereocenters. The zero-order valence-corrected chi connectivity index (χ0v) is 15.6. The Labute approximate surface area is 157 Å². The molecule has 2 aromatic heterocycles. The van der Waals surface area contributed by atoms with Crippen LogP contribution in [0.2, 0.25) is 5.02 Å². The van der Waals surface area contributed by atoms with Crippen molar-refractivity contribution in [3.8, 4) is 5.69 Å². The minimum Gasteiger partial charge on any atom is -0.357 e. The molecule has 0 fully saturated rings. The predicted octanol–water partition coefficient (Wildman–Crippen LogP) is 2.51. The van der Waals surface area contributed by atoms with Crippen molar-refractivity contribution in [2.45, 2.75) is 20.0 Å². The third-order valence-corrected chi connectivity index (χ3v) is 4.10. The van der Waals surface area contributed by atoms with E-state index in [4.69, 9.17) is 11.6 Å². The van der Waals surface area contributed by atoms with E-state index in [0.29, 0.717) is 18.1 Å². The van der Waals surface area contributed by atoms with E-state index >= 15 is 0 Å². The standard InChI is InChI=1S/C18H22ClN7/c1-3-20-18(22-12-17-8-9-23-25(17)2)21-10-14-11-24-26(13-14)16-6-4-15(19)5-7-16/h4-9,11,13H,3,10,12H2,1-2H3,(H2,20,21,22). The van der Waals surface area contributed by atoms with Crippen molar-refractivity contribution in [1.82, 2.24) is 30.2 Å². The zero-order valence-electron chi connectivity index (χ0n) is 14.9. The molecule has 0 aliphatic heterocycles. The third-order valence-electron chi connectivity index (χ3n) is 3.85. The molecule has 3 aromatic rings. The highest BCUT2D eigenvalue weighted by Crippen LogP contribution is 2.13. The first-order valence-corrected chi connectivity index (χ1v) is 8.82. The summed E-state index contributed by atoms with van der Waals surface area (Å²) >= 11 is 5.93. The van der Waals surface area contributed by atoms with Crippen molar-refractivity contribution in [2.75, 3.05) is 6.54 Å². The van der Waals surface area contributed by atoms with Gasteiger partial charge in [0.05, 0.1) is 30.7 Å².